The second-order valence-electron chi connectivity index (χ2n) is 8.47. The topological polar surface area (TPSA) is 86.9 Å². The molecule has 0 aliphatic heterocycles. The fraction of sp³-hybridized carbons (Fsp3) is 0.185. The van der Waals surface area contributed by atoms with Crippen molar-refractivity contribution in [2.24, 2.45) is 7.05 Å². The van der Waals surface area contributed by atoms with Gasteiger partial charge in [0.25, 0.3) is 5.91 Å². The molecule has 1 amide bonds. The lowest BCUT2D eigenvalue weighted by Gasteiger charge is -2.10. The maximum absolute atomic E-state index is 13.4. The number of carbonyl (C=O) groups is 1. The van der Waals surface area contributed by atoms with Crippen molar-refractivity contribution in [3.63, 3.8) is 0 Å². The maximum Gasteiger partial charge on any atom is 0.256 e. The highest BCUT2D eigenvalue weighted by Gasteiger charge is 2.19. The fourth-order valence-electron chi connectivity index (χ4n) is 4.31. The van der Waals surface area contributed by atoms with Crippen molar-refractivity contribution < 1.29 is 9.53 Å². The first-order valence-corrected chi connectivity index (χ1v) is 11.3. The van der Waals surface area contributed by atoms with Gasteiger partial charge in [0.2, 0.25) is 0 Å². The number of anilines is 1. The molecule has 0 radical (unpaired) electrons. The number of aromatic nitrogens is 5. The summed E-state index contributed by atoms with van der Waals surface area (Å²) < 4.78 is 8.91. The Hall–Kier alpha value is -4.46. The summed E-state index contributed by atoms with van der Waals surface area (Å²) in [6.07, 6.45) is 3.47. The van der Waals surface area contributed by atoms with Gasteiger partial charge >= 0.3 is 0 Å². The number of aryl methyl sites for hydroxylation is 2. The number of ether oxygens (including phenoxy) is 1. The van der Waals surface area contributed by atoms with Crippen molar-refractivity contribution in [3.05, 3.63) is 89.5 Å². The summed E-state index contributed by atoms with van der Waals surface area (Å²) in [6, 6.07) is 17.3. The summed E-state index contributed by atoms with van der Waals surface area (Å²) in [6.45, 7) is 4.52. The average Bonchev–Trinajstić information content (AvgIpc) is 3.40. The van der Waals surface area contributed by atoms with Crippen LogP contribution in [-0.4, -0.2) is 37.6 Å². The Morgan fingerprint density at radius 1 is 1.09 bits per heavy atom. The van der Waals surface area contributed by atoms with E-state index in [1.54, 1.807) is 18.0 Å². The van der Waals surface area contributed by atoms with Crippen molar-refractivity contribution in [3.8, 4) is 17.0 Å². The molecule has 0 saturated heterocycles. The Bertz CT molecular complexity index is 1550. The van der Waals surface area contributed by atoms with Crippen LogP contribution in [0, 0.1) is 13.8 Å². The van der Waals surface area contributed by atoms with Crippen LogP contribution < -0.4 is 10.1 Å². The van der Waals surface area contributed by atoms with Crippen molar-refractivity contribution in [2.75, 3.05) is 12.4 Å². The summed E-state index contributed by atoms with van der Waals surface area (Å²) in [5, 5.41) is 12.7. The molecular weight excluding hydrogens is 440 g/mol. The van der Waals surface area contributed by atoms with Crippen LogP contribution in [0.3, 0.4) is 0 Å². The van der Waals surface area contributed by atoms with E-state index in [0.29, 0.717) is 17.8 Å². The number of hydrogen-bond acceptors (Lipinski definition) is 5. The molecule has 176 valence electrons. The predicted octanol–water partition coefficient (Wildman–Crippen LogP) is 4.76. The highest BCUT2D eigenvalue weighted by atomic mass is 16.5. The standard InChI is InChI=1S/C27H26N6O2/c1-17-26(18(2)32(3)31-17)25-13-23(22-10-5-6-11-24(22)30-25)27(34)29-20-14-28-33(16-20)15-19-8-7-9-21(12-19)35-4/h5-14,16H,15H2,1-4H3,(H,29,34). The van der Waals surface area contributed by atoms with E-state index in [0.717, 1.165) is 44.9 Å². The van der Waals surface area contributed by atoms with E-state index in [2.05, 4.69) is 15.5 Å². The largest absolute Gasteiger partial charge is 0.497 e. The molecule has 0 unspecified atom stereocenters. The SMILES string of the molecule is COc1cccc(Cn2cc(NC(=O)c3cc(-c4c(C)nn(C)c4C)nc4ccccc34)cn2)c1. The van der Waals surface area contributed by atoms with Gasteiger partial charge in [-0.3, -0.25) is 14.2 Å². The molecule has 0 atom stereocenters. The lowest BCUT2D eigenvalue weighted by atomic mass is 10.0. The lowest BCUT2D eigenvalue weighted by molar-refractivity contribution is 0.102. The quantitative estimate of drug-likeness (QED) is 0.390. The first kappa shape index (κ1) is 22.3. The van der Waals surface area contributed by atoms with Crippen LogP contribution >= 0.6 is 0 Å². The zero-order valence-corrected chi connectivity index (χ0v) is 20.1. The molecule has 0 aliphatic carbocycles. The Labute approximate surface area is 203 Å². The Balaban J connectivity index is 1.45. The van der Waals surface area contributed by atoms with E-state index >= 15 is 0 Å². The zero-order valence-electron chi connectivity index (χ0n) is 20.1. The zero-order chi connectivity index (χ0) is 24.5. The van der Waals surface area contributed by atoms with Crippen molar-refractivity contribution >= 4 is 22.5 Å². The van der Waals surface area contributed by atoms with Gasteiger partial charge in [0.1, 0.15) is 5.75 Å². The van der Waals surface area contributed by atoms with Gasteiger partial charge in [-0.1, -0.05) is 30.3 Å². The molecule has 3 aromatic heterocycles. The van der Waals surface area contributed by atoms with Gasteiger partial charge in [-0.05, 0) is 43.7 Å². The minimum Gasteiger partial charge on any atom is -0.497 e. The highest BCUT2D eigenvalue weighted by molar-refractivity contribution is 6.13. The fourth-order valence-corrected chi connectivity index (χ4v) is 4.31. The van der Waals surface area contributed by atoms with E-state index in [9.17, 15) is 4.79 Å². The number of nitrogens with one attached hydrogen (secondary N) is 1. The minimum atomic E-state index is -0.218. The third-order valence-corrected chi connectivity index (χ3v) is 6.10. The van der Waals surface area contributed by atoms with Crippen molar-refractivity contribution in [2.45, 2.75) is 20.4 Å². The van der Waals surface area contributed by atoms with Crippen LogP contribution in [0.5, 0.6) is 5.75 Å². The summed E-state index contributed by atoms with van der Waals surface area (Å²) in [7, 11) is 3.55. The van der Waals surface area contributed by atoms with Crippen LogP contribution in [0.1, 0.15) is 27.3 Å². The number of amides is 1. The summed E-state index contributed by atoms with van der Waals surface area (Å²) in [5.41, 5.74) is 6.52. The summed E-state index contributed by atoms with van der Waals surface area (Å²) in [5.74, 6) is 0.576. The van der Waals surface area contributed by atoms with E-state index in [1.165, 1.54) is 0 Å². The van der Waals surface area contributed by atoms with E-state index in [1.807, 2.05) is 86.4 Å². The van der Waals surface area contributed by atoms with Gasteiger partial charge in [0, 0.05) is 29.9 Å². The van der Waals surface area contributed by atoms with Gasteiger partial charge in [0.15, 0.2) is 0 Å². The number of fused-ring (bicyclic) bond motifs is 1. The monoisotopic (exact) mass is 466 g/mol. The molecule has 3 heterocycles. The minimum absolute atomic E-state index is 0.218. The third-order valence-electron chi connectivity index (χ3n) is 6.10. The Kier molecular flexibility index (Phi) is 5.78. The highest BCUT2D eigenvalue weighted by Crippen LogP contribution is 2.29. The van der Waals surface area contributed by atoms with Gasteiger partial charge in [-0.25, -0.2) is 4.98 Å². The molecule has 0 bridgehead atoms. The van der Waals surface area contributed by atoms with Crippen molar-refractivity contribution in [1.29, 1.82) is 0 Å². The number of carbonyl (C=O) groups excluding carboxylic acids is 1. The number of benzene rings is 2. The molecule has 2 aromatic carbocycles. The summed E-state index contributed by atoms with van der Waals surface area (Å²) in [4.78, 5) is 18.3. The first-order chi connectivity index (χ1) is 16.9. The van der Waals surface area contributed by atoms with Crippen LogP contribution in [0.25, 0.3) is 22.2 Å². The predicted molar refractivity (Wildman–Crippen MR) is 136 cm³/mol. The van der Waals surface area contributed by atoms with Crippen LogP contribution in [-0.2, 0) is 13.6 Å². The number of pyridine rings is 1. The molecule has 1 N–H and O–H groups in total. The summed E-state index contributed by atoms with van der Waals surface area (Å²) >= 11 is 0. The molecular formula is C27H26N6O2. The maximum atomic E-state index is 13.4. The second kappa shape index (κ2) is 9.06. The van der Waals surface area contributed by atoms with E-state index in [4.69, 9.17) is 9.72 Å². The van der Waals surface area contributed by atoms with Crippen LogP contribution in [0.15, 0.2) is 67.0 Å². The van der Waals surface area contributed by atoms with Crippen molar-refractivity contribution in [1.82, 2.24) is 24.5 Å². The molecule has 35 heavy (non-hydrogen) atoms. The number of nitrogens with zero attached hydrogens (tertiary/aromatic N) is 5. The first-order valence-electron chi connectivity index (χ1n) is 11.3. The molecule has 0 spiro atoms. The molecule has 5 aromatic rings. The van der Waals surface area contributed by atoms with Gasteiger partial charge < -0.3 is 10.1 Å². The lowest BCUT2D eigenvalue weighted by Crippen LogP contribution is -2.13. The number of rotatable bonds is 6. The Morgan fingerprint density at radius 2 is 1.91 bits per heavy atom. The molecule has 5 rings (SSSR count). The normalized spacial score (nSPS) is 11.1. The third kappa shape index (κ3) is 4.38. The Morgan fingerprint density at radius 3 is 2.69 bits per heavy atom. The van der Waals surface area contributed by atoms with Gasteiger partial charge in [0.05, 0.1) is 48.0 Å². The molecule has 0 saturated carbocycles. The second-order valence-corrected chi connectivity index (χ2v) is 8.47. The number of hydrogen-bond donors (Lipinski definition) is 1. The van der Waals surface area contributed by atoms with E-state index < -0.39 is 0 Å². The van der Waals surface area contributed by atoms with E-state index in [-0.39, 0.29) is 5.91 Å². The molecule has 0 aliphatic rings. The number of methoxy groups -OCH3 is 1. The van der Waals surface area contributed by atoms with Gasteiger partial charge in [-0.2, -0.15) is 10.2 Å². The molecule has 8 nitrogen and oxygen atoms in total. The van der Waals surface area contributed by atoms with Crippen LogP contribution in [0.4, 0.5) is 5.69 Å². The van der Waals surface area contributed by atoms with Crippen LogP contribution in [0.2, 0.25) is 0 Å². The average molecular weight is 467 g/mol. The molecule has 0 fully saturated rings. The number of para-hydroxylation sites is 1. The smallest absolute Gasteiger partial charge is 0.256 e. The molecule has 8 heteroatoms. The van der Waals surface area contributed by atoms with Gasteiger partial charge in [-0.15, -0.1) is 0 Å².